The lowest BCUT2D eigenvalue weighted by Gasteiger charge is -2.41. The molecule has 16 heavy (non-hydrogen) atoms. The van der Waals surface area contributed by atoms with Crippen LogP contribution in [0.4, 0.5) is 11.6 Å². The summed E-state index contributed by atoms with van der Waals surface area (Å²) in [4.78, 5) is 4.34. The van der Waals surface area contributed by atoms with Crippen LogP contribution in [0, 0.1) is 5.41 Å². The van der Waals surface area contributed by atoms with Gasteiger partial charge >= 0.3 is 0 Å². The zero-order chi connectivity index (χ0) is 11.4. The Bertz CT molecular complexity index is 341. The minimum atomic E-state index is 0.508. The molecule has 0 saturated heterocycles. The first-order valence-electron chi connectivity index (χ1n) is 5.95. The molecule has 1 saturated carbocycles. The summed E-state index contributed by atoms with van der Waals surface area (Å²) >= 11 is 0. The first kappa shape index (κ1) is 11.2. The Hall–Kier alpha value is -1.29. The number of hydrogen-bond donors (Lipinski definition) is 3. The summed E-state index contributed by atoms with van der Waals surface area (Å²) in [5, 5.41) is 3.41. The van der Waals surface area contributed by atoms with E-state index in [2.05, 4.69) is 22.7 Å². The van der Waals surface area contributed by atoms with E-state index in [9.17, 15) is 0 Å². The van der Waals surface area contributed by atoms with Crippen molar-refractivity contribution in [1.29, 1.82) is 0 Å². The second-order valence-electron chi connectivity index (χ2n) is 4.61. The first-order valence-corrected chi connectivity index (χ1v) is 5.95. The summed E-state index contributed by atoms with van der Waals surface area (Å²) in [5.74, 6) is 6.92. The van der Waals surface area contributed by atoms with Crippen molar-refractivity contribution in [1.82, 2.24) is 4.98 Å². The number of nitrogens with two attached hydrogens (primary N) is 1. The normalized spacial score (nSPS) is 17.6. The summed E-state index contributed by atoms with van der Waals surface area (Å²) in [5.41, 5.74) is 3.06. The van der Waals surface area contributed by atoms with Crippen molar-refractivity contribution < 1.29 is 0 Å². The zero-order valence-corrected chi connectivity index (χ0v) is 9.79. The minimum absolute atomic E-state index is 0.508. The second-order valence-corrected chi connectivity index (χ2v) is 4.61. The van der Waals surface area contributed by atoms with Gasteiger partial charge in [0.05, 0.1) is 0 Å². The highest BCUT2D eigenvalue weighted by molar-refractivity contribution is 5.44. The van der Waals surface area contributed by atoms with E-state index < -0.39 is 0 Å². The number of nitrogens with zero attached hydrogens (tertiary/aromatic N) is 1. The molecule has 1 aliphatic carbocycles. The van der Waals surface area contributed by atoms with Gasteiger partial charge in [-0.25, -0.2) is 10.8 Å². The zero-order valence-electron chi connectivity index (χ0n) is 9.79. The summed E-state index contributed by atoms with van der Waals surface area (Å²) in [6.45, 7) is 3.29. The summed E-state index contributed by atoms with van der Waals surface area (Å²) in [6.07, 6.45) is 5.29. The van der Waals surface area contributed by atoms with Crippen LogP contribution in [0.25, 0.3) is 0 Å². The number of anilines is 2. The third-order valence-electron chi connectivity index (χ3n) is 3.71. The van der Waals surface area contributed by atoms with E-state index in [1.807, 2.05) is 18.2 Å². The molecule has 0 aromatic carbocycles. The smallest absolute Gasteiger partial charge is 0.142 e. The van der Waals surface area contributed by atoms with E-state index in [0.717, 1.165) is 12.4 Å². The third kappa shape index (κ3) is 2.27. The monoisotopic (exact) mass is 220 g/mol. The molecule has 0 radical (unpaired) electrons. The Kier molecular flexibility index (Phi) is 3.29. The van der Waals surface area contributed by atoms with Crippen molar-refractivity contribution >= 4 is 11.6 Å². The number of pyridine rings is 1. The van der Waals surface area contributed by atoms with Crippen molar-refractivity contribution in [3.8, 4) is 0 Å². The first-order chi connectivity index (χ1) is 7.78. The van der Waals surface area contributed by atoms with Crippen molar-refractivity contribution in [2.75, 3.05) is 17.3 Å². The van der Waals surface area contributed by atoms with E-state index in [0.29, 0.717) is 11.2 Å². The van der Waals surface area contributed by atoms with Crippen LogP contribution in [0.15, 0.2) is 18.2 Å². The van der Waals surface area contributed by atoms with Crippen LogP contribution >= 0.6 is 0 Å². The van der Waals surface area contributed by atoms with Crippen LogP contribution in [0.5, 0.6) is 0 Å². The molecular formula is C12H20N4. The molecule has 1 aliphatic rings. The number of rotatable bonds is 5. The van der Waals surface area contributed by atoms with E-state index in [-0.39, 0.29) is 0 Å². The average Bonchev–Trinajstić information content (AvgIpc) is 2.29. The lowest BCUT2D eigenvalue weighted by molar-refractivity contribution is 0.145. The molecule has 88 valence electrons. The molecule has 0 aliphatic heterocycles. The molecule has 2 rings (SSSR count). The van der Waals surface area contributed by atoms with Gasteiger partial charge in [0.1, 0.15) is 11.6 Å². The molecule has 4 nitrogen and oxygen atoms in total. The maximum Gasteiger partial charge on any atom is 0.142 e. The molecule has 0 unspecified atom stereocenters. The topological polar surface area (TPSA) is 63.0 Å². The lowest BCUT2D eigenvalue weighted by atomic mass is 9.67. The summed E-state index contributed by atoms with van der Waals surface area (Å²) < 4.78 is 0. The fourth-order valence-electron chi connectivity index (χ4n) is 2.22. The molecule has 4 N–H and O–H groups in total. The molecule has 4 heteroatoms. The van der Waals surface area contributed by atoms with Gasteiger partial charge in [0.25, 0.3) is 0 Å². The standard InChI is InChI=1S/C12H20N4/c1-2-12(7-4-8-12)9-14-10-5-3-6-11(15-10)16-13/h3,5-6H,2,4,7-9,13H2,1H3,(H2,14,15,16). The Labute approximate surface area is 96.6 Å². The van der Waals surface area contributed by atoms with Gasteiger partial charge in [-0.05, 0) is 36.8 Å². The molecular weight excluding hydrogens is 200 g/mol. The quantitative estimate of drug-likeness (QED) is 0.526. The highest BCUT2D eigenvalue weighted by Crippen LogP contribution is 2.43. The molecule has 0 bridgehead atoms. The van der Waals surface area contributed by atoms with Crippen molar-refractivity contribution in [2.24, 2.45) is 11.3 Å². The van der Waals surface area contributed by atoms with Crippen LogP contribution in [0.1, 0.15) is 32.6 Å². The molecule has 1 aromatic rings. The number of hydrogen-bond acceptors (Lipinski definition) is 4. The van der Waals surface area contributed by atoms with Crippen molar-refractivity contribution in [3.63, 3.8) is 0 Å². The number of nitrogen functional groups attached to an aromatic ring is 1. The maximum atomic E-state index is 5.32. The predicted octanol–water partition coefficient (Wildman–Crippen LogP) is 2.36. The highest BCUT2D eigenvalue weighted by atomic mass is 15.3. The third-order valence-corrected chi connectivity index (χ3v) is 3.71. The predicted molar refractivity (Wildman–Crippen MR) is 67.1 cm³/mol. The summed E-state index contributed by atoms with van der Waals surface area (Å²) in [7, 11) is 0. The highest BCUT2D eigenvalue weighted by Gasteiger charge is 2.34. The molecule has 1 heterocycles. The second kappa shape index (κ2) is 4.70. The van der Waals surface area contributed by atoms with Gasteiger partial charge in [-0.2, -0.15) is 0 Å². The van der Waals surface area contributed by atoms with Crippen LogP contribution in [0.3, 0.4) is 0 Å². The van der Waals surface area contributed by atoms with Gasteiger partial charge in [-0.15, -0.1) is 0 Å². The average molecular weight is 220 g/mol. The molecule has 1 aromatic heterocycles. The molecule has 0 spiro atoms. The van der Waals surface area contributed by atoms with Crippen LogP contribution in [-0.4, -0.2) is 11.5 Å². The number of nitrogens with one attached hydrogen (secondary N) is 2. The lowest BCUT2D eigenvalue weighted by Crippen LogP contribution is -2.36. The van der Waals surface area contributed by atoms with Gasteiger partial charge in [0.15, 0.2) is 0 Å². The molecule has 1 fully saturated rings. The SMILES string of the molecule is CCC1(CNc2cccc(NN)n2)CCC1. The molecule has 0 amide bonds. The van der Waals surface area contributed by atoms with Crippen LogP contribution in [0.2, 0.25) is 0 Å². The van der Waals surface area contributed by atoms with Crippen molar-refractivity contribution in [3.05, 3.63) is 18.2 Å². The van der Waals surface area contributed by atoms with Crippen LogP contribution < -0.4 is 16.6 Å². The Morgan fingerprint density at radius 1 is 1.38 bits per heavy atom. The largest absolute Gasteiger partial charge is 0.369 e. The van der Waals surface area contributed by atoms with E-state index in [4.69, 9.17) is 5.84 Å². The van der Waals surface area contributed by atoms with E-state index in [1.165, 1.54) is 25.7 Å². The Morgan fingerprint density at radius 2 is 2.12 bits per heavy atom. The van der Waals surface area contributed by atoms with Gasteiger partial charge in [-0.3, -0.25) is 0 Å². The van der Waals surface area contributed by atoms with Crippen LogP contribution in [-0.2, 0) is 0 Å². The van der Waals surface area contributed by atoms with Gasteiger partial charge in [0.2, 0.25) is 0 Å². The fourth-order valence-corrected chi connectivity index (χ4v) is 2.22. The van der Waals surface area contributed by atoms with Gasteiger partial charge in [-0.1, -0.05) is 19.4 Å². The Balaban J connectivity index is 1.93. The van der Waals surface area contributed by atoms with E-state index >= 15 is 0 Å². The van der Waals surface area contributed by atoms with Gasteiger partial charge in [0, 0.05) is 6.54 Å². The Morgan fingerprint density at radius 3 is 2.69 bits per heavy atom. The maximum absolute atomic E-state index is 5.32. The minimum Gasteiger partial charge on any atom is -0.369 e. The molecule has 0 atom stereocenters. The number of aromatic nitrogens is 1. The number of hydrazine groups is 1. The van der Waals surface area contributed by atoms with Gasteiger partial charge < -0.3 is 10.7 Å². The van der Waals surface area contributed by atoms with E-state index in [1.54, 1.807) is 0 Å². The van der Waals surface area contributed by atoms with Crippen molar-refractivity contribution in [2.45, 2.75) is 32.6 Å². The fraction of sp³-hybridized carbons (Fsp3) is 0.583. The summed E-state index contributed by atoms with van der Waals surface area (Å²) in [6, 6.07) is 5.77.